The molecule has 1 rings (SSSR count). The van der Waals surface area contributed by atoms with Crippen LogP contribution in [-0.2, 0) is 21.1 Å². The van der Waals surface area contributed by atoms with Crippen molar-refractivity contribution in [2.45, 2.75) is 20.5 Å². The quantitative estimate of drug-likeness (QED) is 0.842. The number of aryl methyl sites for hydroxylation is 1. The van der Waals surface area contributed by atoms with Gasteiger partial charge in [0, 0.05) is 5.56 Å². The number of hydrogen-bond donors (Lipinski definition) is 1. The van der Waals surface area contributed by atoms with Crippen molar-refractivity contribution in [2.24, 2.45) is 5.14 Å². The standard InChI is InChI=1S/C7H10ClN3O3S/c1-4-5(2)10-11-7(8)6(4)3-14-15(9,12)13/h3H2,1-2H3,(H2,9,12,13). The summed E-state index contributed by atoms with van der Waals surface area (Å²) in [5.41, 5.74) is 1.87. The highest BCUT2D eigenvalue weighted by molar-refractivity contribution is 7.84. The molecule has 0 atom stereocenters. The third-order valence-corrected chi connectivity index (χ3v) is 2.65. The monoisotopic (exact) mass is 251 g/mol. The van der Waals surface area contributed by atoms with Gasteiger partial charge in [-0.1, -0.05) is 11.6 Å². The van der Waals surface area contributed by atoms with Crippen LogP contribution in [0.5, 0.6) is 0 Å². The fraction of sp³-hybridized carbons (Fsp3) is 0.429. The lowest BCUT2D eigenvalue weighted by Crippen LogP contribution is -2.16. The van der Waals surface area contributed by atoms with Gasteiger partial charge in [-0.05, 0) is 19.4 Å². The summed E-state index contributed by atoms with van der Waals surface area (Å²) in [6.07, 6.45) is 0. The summed E-state index contributed by atoms with van der Waals surface area (Å²) in [4.78, 5) is 0. The summed E-state index contributed by atoms with van der Waals surface area (Å²) in [5.74, 6) is 0. The molecule has 6 nitrogen and oxygen atoms in total. The Kier molecular flexibility index (Phi) is 3.61. The summed E-state index contributed by atoms with van der Waals surface area (Å²) in [6.45, 7) is 3.25. The van der Waals surface area contributed by atoms with Gasteiger partial charge in [-0.2, -0.15) is 13.5 Å². The van der Waals surface area contributed by atoms with Crippen LogP contribution in [0.25, 0.3) is 0 Å². The Morgan fingerprint density at radius 3 is 2.53 bits per heavy atom. The van der Waals surface area contributed by atoms with Crippen LogP contribution in [0.4, 0.5) is 0 Å². The molecule has 0 unspecified atom stereocenters. The van der Waals surface area contributed by atoms with Gasteiger partial charge in [-0.3, -0.25) is 4.18 Å². The fourth-order valence-corrected chi connectivity index (χ4v) is 1.45. The molecule has 0 saturated carbocycles. The molecule has 15 heavy (non-hydrogen) atoms. The molecule has 0 saturated heterocycles. The zero-order valence-electron chi connectivity index (χ0n) is 8.19. The number of halogens is 1. The number of aromatic nitrogens is 2. The summed E-state index contributed by atoms with van der Waals surface area (Å²) in [6, 6.07) is 0. The van der Waals surface area contributed by atoms with Gasteiger partial charge < -0.3 is 0 Å². The van der Waals surface area contributed by atoms with E-state index in [0.717, 1.165) is 5.56 Å². The minimum atomic E-state index is -3.98. The fourth-order valence-electron chi connectivity index (χ4n) is 0.936. The second kappa shape index (κ2) is 4.40. The summed E-state index contributed by atoms with van der Waals surface area (Å²) in [5, 5.41) is 12.2. The Morgan fingerprint density at radius 1 is 1.40 bits per heavy atom. The minimum Gasteiger partial charge on any atom is -0.253 e. The molecule has 0 radical (unpaired) electrons. The Labute approximate surface area is 92.7 Å². The zero-order valence-corrected chi connectivity index (χ0v) is 9.76. The molecule has 0 fully saturated rings. The Hall–Kier alpha value is -0.760. The topological polar surface area (TPSA) is 95.2 Å². The molecule has 1 aromatic rings. The molecule has 0 spiro atoms. The average molecular weight is 252 g/mol. The maximum atomic E-state index is 10.6. The molecular weight excluding hydrogens is 242 g/mol. The largest absolute Gasteiger partial charge is 0.333 e. The molecule has 1 heterocycles. The normalized spacial score (nSPS) is 11.7. The van der Waals surface area contributed by atoms with Crippen LogP contribution >= 0.6 is 11.6 Å². The van der Waals surface area contributed by atoms with Gasteiger partial charge in [0.2, 0.25) is 0 Å². The number of nitrogens with two attached hydrogens (primary N) is 1. The second-order valence-corrected chi connectivity index (χ2v) is 4.51. The maximum Gasteiger partial charge on any atom is 0.333 e. The van der Waals surface area contributed by atoms with Gasteiger partial charge in [-0.15, -0.1) is 5.10 Å². The molecule has 2 N–H and O–H groups in total. The SMILES string of the molecule is Cc1nnc(Cl)c(COS(N)(=O)=O)c1C. The molecule has 1 aromatic heterocycles. The van der Waals surface area contributed by atoms with Gasteiger partial charge >= 0.3 is 10.3 Å². The van der Waals surface area contributed by atoms with Crippen molar-refractivity contribution in [2.75, 3.05) is 0 Å². The Morgan fingerprint density at radius 2 is 2.00 bits per heavy atom. The number of nitrogens with zero attached hydrogens (tertiary/aromatic N) is 2. The molecule has 0 bridgehead atoms. The van der Waals surface area contributed by atoms with Crippen LogP contribution < -0.4 is 5.14 Å². The molecule has 0 aliphatic rings. The zero-order chi connectivity index (χ0) is 11.6. The lowest BCUT2D eigenvalue weighted by Gasteiger charge is -2.08. The first-order valence-corrected chi connectivity index (χ1v) is 5.81. The van der Waals surface area contributed by atoms with Crippen molar-refractivity contribution >= 4 is 21.9 Å². The van der Waals surface area contributed by atoms with Crippen molar-refractivity contribution in [3.05, 3.63) is 22.0 Å². The summed E-state index contributed by atoms with van der Waals surface area (Å²) < 4.78 is 25.6. The molecule has 0 amide bonds. The first kappa shape index (κ1) is 12.3. The highest BCUT2D eigenvalue weighted by Gasteiger charge is 2.12. The molecule has 0 aliphatic heterocycles. The molecular formula is C7H10ClN3O3S. The van der Waals surface area contributed by atoms with Crippen molar-refractivity contribution in [1.29, 1.82) is 0 Å². The van der Waals surface area contributed by atoms with Crippen LogP contribution in [0.15, 0.2) is 0 Å². The van der Waals surface area contributed by atoms with E-state index in [9.17, 15) is 8.42 Å². The van der Waals surface area contributed by atoms with Crippen LogP contribution in [0.1, 0.15) is 16.8 Å². The van der Waals surface area contributed by atoms with E-state index in [1.54, 1.807) is 13.8 Å². The van der Waals surface area contributed by atoms with E-state index in [1.165, 1.54) is 0 Å². The molecule has 84 valence electrons. The minimum absolute atomic E-state index is 0.113. The second-order valence-electron chi connectivity index (χ2n) is 2.93. The third kappa shape index (κ3) is 3.38. The van der Waals surface area contributed by atoms with E-state index in [2.05, 4.69) is 14.4 Å². The van der Waals surface area contributed by atoms with Crippen LogP contribution in [0.3, 0.4) is 0 Å². The van der Waals surface area contributed by atoms with E-state index in [-0.39, 0.29) is 11.8 Å². The Balaban J connectivity index is 2.99. The lowest BCUT2D eigenvalue weighted by molar-refractivity contribution is 0.307. The lowest BCUT2D eigenvalue weighted by atomic mass is 10.1. The van der Waals surface area contributed by atoms with E-state index >= 15 is 0 Å². The van der Waals surface area contributed by atoms with Gasteiger partial charge in [0.25, 0.3) is 0 Å². The predicted molar refractivity (Wildman–Crippen MR) is 54.4 cm³/mol. The Bertz CT molecular complexity index is 475. The number of hydrogen-bond acceptors (Lipinski definition) is 5. The van der Waals surface area contributed by atoms with Crippen LogP contribution in [0.2, 0.25) is 5.15 Å². The smallest absolute Gasteiger partial charge is 0.253 e. The van der Waals surface area contributed by atoms with E-state index in [4.69, 9.17) is 16.7 Å². The van der Waals surface area contributed by atoms with Crippen LogP contribution in [0, 0.1) is 13.8 Å². The van der Waals surface area contributed by atoms with E-state index < -0.39 is 10.3 Å². The van der Waals surface area contributed by atoms with Gasteiger partial charge in [-0.25, -0.2) is 5.14 Å². The van der Waals surface area contributed by atoms with E-state index in [0.29, 0.717) is 11.3 Å². The number of rotatable bonds is 3. The predicted octanol–water partition coefficient (Wildman–Crippen LogP) is 0.467. The third-order valence-electron chi connectivity index (χ3n) is 1.90. The van der Waals surface area contributed by atoms with Gasteiger partial charge in [0.15, 0.2) is 5.15 Å². The molecule has 0 aliphatic carbocycles. The highest BCUT2D eigenvalue weighted by atomic mass is 35.5. The van der Waals surface area contributed by atoms with Crippen molar-refractivity contribution in [1.82, 2.24) is 10.2 Å². The van der Waals surface area contributed by atoms with Gasteiger partial charge in [0.1, 0.15) is 0 Å². The van der Waals surface area contributed by atoms with Crippen LogP contribution in [-0.4, -0.2) is 18.6 Å². The maximum absolute atomic E-state index is 10.6. The van der Waals surface area contributed by atoms with Crippen molar-refractivity contribution in [3.8, 4) is 0 Å². The summed E-state index contributed by atoms with van der Waals surface area (Å²) in [7, 11) is -3.98. The molecule has 0 aromatic carbocycles. The average Bonchev–Trinajstić information content (AvgIpc) is 2.10. The first-order valence-electron chi connectivity index (χ1n) is 3.96. The van der Waals surface area contributed by atoms with Crippen molar-refractivity contribution < 1.29 is 12.6 Å². The highest BCUT2D eigenvalue weighted by Crippen LogP contribution is 2.19. The van der Waals surface area contributed by atoms with Gasteiger partial charge in [0.05, 0.1) is 12.3 Å². The first-order chi connectivity index (χ1) is 6.81. The summed E-state index contributed by atoms with van der Waals surface area (Å²) >= 11 is 5.74. The van der Waals surface area contributed by atoms with Crippen molar-refractivity contribution in [3.63, 3.8) is 0 Å². The van der Waals surface area contributed by atoms with E-state index in [1.807, 2.05) is 0 Å². The molecule has 8 heteroatoms.